The molecule has 6 heteroatoms. The molecule has 128 valence electrons. The van der Waals surface area contributed by atoms with Crippen molar-refractivity contribution in [1.29, 1.82) is 5.26 Å². The predicted molar refractivity (Wildman–Crippen MR) is 94.1 cm³/mol. The zero-order chi connectivity index (χ0) is 18.3. The summed E-state index contributed by atoms with van der Waals surface area (Å²) in [6, 6.07) is 18.5. The Labute approximate surface area is 147 Å². The van der Waals surface area contributed by atoms with Crippen molar-refractivity contribution < 1.29 is 17.9 Å². The third-order valence-electron chi connectivity index (χ3n) is 3.58. The molecule has 0 spiro atoms. The van der Waals surface area contributed by atoms with Gasteiger partial charge in [0, 0.05) is 12.0 Å². The zero-order valence-corrected chi connectivity index (χ0v) is 14.4. The number of hydrogen-bond acceptors (Lipinski definition) is 5. The van der Waals surface area contributed by atoms with Gasteiger partial charge in [-0.25, -0.2) is 13.2 Å². The summed E-state index contributed by atoms with van der Waals surface area (Å²) in [6.45, 7) is 0. The van der Waals surface area contributed by atoms with Crippen molar-refractivity contribution in [3.05, 3.63) is 71.8 Å². The van der Waals surface area contributed by atoms with Gasteiger partial charge >= 0.3 is 5.97 Å². The fourth-order valence-corrected chi connectivity index (χ4v) is 3.68. The van der Waals surface area contributed by atoms with Crippen molar-refractivity contribution in [2.75, 3.05) is 7.11 Å². The third-order valence-corrected chi connectivity index (χ3v) is 5.53. The standard InChI is InChI=1S/C19H17NO4S/c1-24-19(21)16(12-15-8-4-2-5-9-15)13-18(14-20)25(22,23)17-10-6-3-7-11-17/h2-12,18H,13H2,1H3/b16-12-. The highest BCUT2D eigenvalue weighted by molar-refractivity contribution is 7.92. The Morgan fingerprint density at radius 1 is 1.12 bits per heavy atom. The maximum atomic E-state index is 12.7. The first-order chi connectivity index (χ1) is 12.0. The highest BCUT2D eigenvalue weighted by Crippen LogP contribution is 2.23. The van der Waals surface area contributed by atoms with Crippen LogP contribution in [0.2, 0.25) is 0 Å². The Kier molecular flexibility index (Phi) is 6.09. The third kappa shape index (κ3) is 4.55. The van der Waals surface area contributed by atoms with E-state index in [0.717, 1.165) is 5.56 Å². The van der Waals surface area contributed by atoms with Crippen LogP contribution in [-0.2, 0) is 19.4 Å². The van der Waals surface area contributed by atoms with Crippen LogP contribution in [0.4, 0.5) is 0 Å². The van der Waals surface area contributed by atoms with Crippen LogP contribution in [0, 0.1) is 11.3 Å². The number of esters is 1. The molecule has 0 heterocycles. The van der Waals surface area contributed by atoms with Gasteiger partial charge in [0.2, 0.25) is 0 Å². The number of nitriles is 1. The molecule has 2 rings (SSSR count). The normalized spacial score (nSPS) is 12.9. The van der Waals surface area contributed by atoms with Gasteiger partial charge in [-0.05, 0) is 23.8 Å². The second kappa shape index (κ2) is 8.27. The number of rotatable bonds is 6. The summed E-state index contributed by atoms with van der Waals surface area (Å²) in [6.07, 6.45) is 1.28. The van der Waals surface area contributed by atoms with E-state index in [0.29, 0.717) is 0 Å². The van der Waals surface area contributed by atoms with Crippen molar-refractivity contribution in [3.8, 4) is 6.07 Å². The van der Waals surface area contributed by atoms with Crippen molar-refractivity contribution in [1.82, 2.24) is 0 Å². The van der Waals surface area contributed by atoms with E-state index in [2.05, 4.69) is 0 Å². The van der Waals surface area contributed by atoms with Crippen molar-refractivity contribution in [2.45, 2.75) is 16.6 Å². The van der Waals surface area contributed by atoms with E-state index < -0.39 is 21.1 Å². The number of sulfone groups is 1. The molecule has 2 aromatic carbocycles. The molecule has 0 aromatic heterocycles. The topological polar surface area (TPSA) is 84.2 Å². The van der Waals surface area contributed by atoms with Gasteiger partial charge in [0.25, 0.3) is 0 Å². The Hall–Kier alpha value is -2.91. The summed E-state index contributed by atoms with van der Waals surface area (Å²) in [4.78, 5) is 12.1. The lowest BCUT2D eigenvalue weighted by Crippen LogP contribution is -2.22. The first-order valence-electron chi connectivity index (χ1n) is 7.51. The van der Waals surface area contributed by atoms with E-state index in [4.69, 9.17) is 4.74 Å². The molecule has 1 atom stereocenters. The Bertz CT molecular complexity index is 897. The van der Waals surface area contributed by atoms with Crippen LogP contribution < -0.4 is 0 Å². The first-order valence-corrected chi connectivity index (χ1v) is 9.06. The van der Waals surface area contributed by atoms with Crippen LogP contribution in [0.5, 0.6) is 0 Å². The lowest BCUT2D eigenvalue weighted by Gasteiger charge is -2.12. The molecule has 5 nitrogen and oxygen atoms in total. The molecule has 1 unspecified atom stereocenters. The van der Waals surface area contributed by atoms with Gasteiger partial charge in [-0.1, -0.05) is 48.5 Å². The molecular formula is C19H17NO4S. The van der Waals surface area contributed by atoms with E-state index >= 15 is 0 Å². The van der Waals surface area contributed by atoms with Crippen LogP contribution in [0.1, 0.15) is 12.0 Å². The van der Waals surface area contributed by atoms with Gasteiger partial charge < -0.3 is 4.74 Å². The number of methoxy groups -OCH3 is 1. The largest absolute Gasteiger partial charge is 0.466 e. The van der Waals surface area contributed by atoms with Gasteiger partial charge in [0.1, 0.15) is 0 Å². The molecule has 0 amide bonds. The molecule has 2 aromatic rings. The SMILES string of the molecule is COC(=O)/C(=C\c1ccccc1)CC(C#N)S(=O)(=O)c1ccccc1. The maximum Gasteiger partial charge on any atom is 0.333 e. The second-order valence-corrected chi connectivity index (χ2v) is 7.38. The number of ether oxygens (including phenoxy) is 1. The fraction of sp³-hybridized carbons (Fsp3) is 0.158. The van der Waals surface area contributed by atoms with Gasteiger partial charge in [0.05, 0.1) is 18.1 Å². The van der Waals surface area contributed by atoms with E-state index in [9.17, 15) is 18.5 Å². The number of nitrogens with zero attached hydrogens (tertiary/aromatic N) is 1. The maximum absolute atomic E-state index is 12.7. The van der Waals surface area contributed by atoms with E-state index in [-0.39, 0.29) is 16.9 Å². The fourth-order valence-electron chi connectivity index (χ4n) is 2.28. The monoisotopic (exact) mass is 355 g/mol. The summed E-state index contributed by atoms with van der Waals surface area (Å²) >= 11 is 0. The van der Waals surface area contributed by atoms with Gasteiger partial charge in [-0.2, -0.15) is 5.26 Å². The molecule has 0 N–H and O–H groups in total. The van der Waals surface area contributed by atoms with Gasteiger partial charge in [-0.15, -0.1) is 0 Å². The number of hydrogen-bond donors (Lipinski definition) is 0. The molecule has 0 radical (unpaired) electrons. The Morgan fingerprint density at radius 3 is 2.20 bits per heavy atom. The first kappa shape index (κ1) is 18.4. The molecule has 0 aliphatic rings. The number of carbonyl (C=O) groups excluding carboxylic acids is 1. The van der Waals surface area contributed by atoms with E-state index in [1.165, 1.54) is 25.3 Å². The van der Waals surface area contributed by atoms with Crippen molar-refractivity contribution in [2.24, 2.45) is 0 Å². The van der Waals surface area contributed by atoms with Crippen LogP contribution in [0.25, 0.3) is 6.08 Å². The minimum Gasteiger partial charge on any atom is -0.466 e. The summed E-state index contributed by atoms with van der Waals surface area (Å²) in [7, 11) is -2.67. The van der Waals surface area contributed by atoms with E-state index in [1.807, 2.05) is 6.07 Å². The molecule has 0 aliphatic heterocycles. The van der Waals surface area contributed by atoms with Crippen LogP contribution >= 0.6 is 0 Å². The Balaban J connectivity index is 2.38. The minimum absolute atomic E-state index is 0.0467. The minimum atomic E-state index is -3.89. The molecule has 0 saturated heterocycles. The predicted octanol–water partition coefficient (Wildman–Crippen LogP) is 3.00. The Morgan fingerprint density at radius 2 is 1.68 bits per heavy atom. The number of carbonyl (C=O) groups is 1. The van der Waals surface area contributed by atoms with Crippen LogP contribution in [0.3, 0.4) is 0 Å². The molecule has 0 aliphatic carbocycles. The van der Waals surface area contributed by atoms with E-state index in [1.54, 1.807) is 48.5 Å². The molecule has 25 heavy (non-hydrogen) atoms. The highest BCUT2D eigenvalue weighted by Gasteiger charge is 2.30. The summed E-state index contributed by atoms with van der Waals surface area (Å²) in [5.74, 6) is -0.660. The van der Waals surface area contributed by atoms with Crippen molar-refractivity contribution in [3.63, 3.8) is 0 Å². The van der Waals surface area contributed by atoms with Gasteiger partial charge in [0.15, 0.2) is 15.1 Å². The quantitative estimate of drug-likeness (QED) is 0.587. The summed E-state index contributed by atoms with van der Waals surface area (Å²) in [5.41, 5.74) is 0.844. The second-order valence-electron chi connectivity index (χ2n) is 5.25. The molecule has 0 saturated carbocycles. The van der Waals surface area contributed by atoms with Crippen molar-refractivity contribution >= 4 is 21.9 Å². The summed E-state index contributed by atoms with van der Waals surface area (Å²) < 4.78 is 30.1. The average molecular weight is 355 g/mol. The molecular weight excluding hydrogens is 338 g/mol. The highest BCUT2D eigenvalue weighted by atomic mass is 32.2. The molecule has 0 fully saturated rings. The summed E-state index contributed by atoms with van der Waals surface area (Å²) in [5, 5.41) is 8.00. The zero-order valence-electron chi connectivity index (χ0n) is 13.6. The average Bonchev–Trinajstić information content (AvgIpc) is 2.65. The number of benzene rings is 2. The molecule has 0 bridgehead atoms. The van der Waals surface area contributed by atoms with Crippen LogP contribution in [0.15, 0.2) is 71.1 Å². The van der Waals surface area contributed by atoms with Crippen LogP contribution in [-0.4, -0.2) is 26.7 Å². The lowest BCUT2D eigenvalue weighted by atomic mass is 10.1. The lowest BCUT2D eigenvalue weighted by molar-refractivity contribution is -0.136. The smallest absolute Gasteiger partial charge is 0.333 e. The van der Waals surface area contributed by atoms with Gasteiger partial charge in [-0.3, -0.25) is 0 Å².